The van der Waals surface area contributed by atoms with Crippen molar-refractivity contribution in [3.05, 3.63) is 51.9 Å². The number of nitrogen functional groups attached to an aromatic ring is 1. The maximum atomic E-state index is 10.8. The summed E-state index contributed by atoms with van der Waals surface area (Å²) in [6, 6.07) is 3.88. The van der Waals surface area contributed by atoms with Crippen LogP contribution in [0.5, 0.6) is 11.6 Å². The number of ether oxygens (including phenoxy) is 1. The molecule has 0 fully saturated rings. The number of hydrogen-bond acceptors (Lipinski definition) is 6. The monoisotopic (exact) mass is 305 g/mol. The SMILES string of the molecule is Nc1cn2ccnc2c(Oc2cc([N+](=O)[O-])ccc2Cl)n1. The summed E-state index contributed by atoms with van der Waals surface area (Å²) in [6.07, 6.45) is 4.80. The second kappa shape index (κ2) is 4.91. The number of nitrogens with zero attached hydrogens (tertiary/aromatic N) is 4. The van der Waals surface area contributed by atoms with E-state index in [1.807, 2.05) is 0 Å². The van der Waals surface area contributed by atoms with Crippen LogP contribution in [0.1, 0.15) is 0 Å². The molecule has 0 amide bonds. The predicted octanol–water partition coefficient (Wildman–Crippen LogP) is 2.67. The van der Waals surface area contributed by atoms with Crippen LogP contribution in [0.2, 0.25) is 5.02 Å². The first-order chi connectivity index (χ1) is 10.0. The quantitative estimate of drug-likeness (QED) is 0.588. The van der Waals surface area contributed by atoms with Gasteiger partial charge in [0.25, 0.3) is 11.6 Å². The van der Waals surface area contributed by atoms with Crippen molar-refractivity contribution >= 4 is 28.8 Å². The van der Waals surface area contributed by atoms with Gasteiger partial charge in [-0.2, -0.15) is 4.98 Å². The molecular formula is C12H8ClN5O3. The zero-order valence-corrected chi connectivity index (χ0v) is 11.2. The lowest BCUT2D eigenvalue weighted by Gasteiger charge is -2.08. The van der Waals surface area contributed by atoms with Gasteiger partial charge in [-0.25, -0.2) is 4.98 Å². The number of anilines is 1. The highest BCUT2D eigenvalue weighted by atomic mass is 35.5. The Morgan fingerprint density at radius 3 is 3.00 bits per heavy atom. The highest BCUT2D eigenvalue weighted by molar-refractivity contribution is 6.32. The van der Waals surface area contributed by atoms with Crippen LogP contribution in [-0.4, -0.2) is 19.3 Å². The second-order valence-corrected chi connectivity index (χ2v) is 4.51. The Hall–Kier alpha value is -2.87. The molecule has 3 aromatic rings. The van der Waals surface area contributed by atoms with Crippen molar-refractivity contribution in [3.8, 4) is 11.6 Å². The summed E-state index contributed by atoms with van der Waals surface area (Å²) < 4.78 is 7.17. The van der Waals surface area contributed by atoms with Crippen LogP contribution in [0.15, 0.2) is 36.8 Å². The van der Waals surface area contributed by atoms with E-state index >= 15 is 0 Å². The molecule has 0 unspecified atom stereocenters. The van der Waals surface area contributed by atoms with Gasteiger partial charge in [-0.15, -0.1) is 0 Å². The summed E-state index contributed by atoms with van der Waals surface area (Å²) in [6.45, 7) is 0. The summed E-state index contributed by atoms with van der Waals surface area (Å²) >= 11 is 5.98. The summed E-state index contributed by atoms with van der Waals surface area (Å²) in [5, 5.41) is 11.0. The molecule has 106 valence electrons. The third kappa shape index (κ3) is 2.43. The average Bonchev–Trinajstić information content (AvgIpc) is 2.89. The number of nitro benzene ring substituents is 1. The van der Waals surface area contributed by atoms with E-state index in [4.69, 9.17) is 22.1 Å². The molecule has 8 nitrogen and oxygen atoms in total. The van der Waals surface area contributed by atoms with Gasteiger partial charge >= 0.3 is 0 Å². The number of halogens is 1. The first-order valence-corrected chi connectivity index (χ1v) is 6.13. The van der Waals surface area contributed by atoms with Crippen LogP contribution < -0.4 is 10.5 Å². The van der Waals surface area contributed by atoms with Gasteiger partial charge in [-0.3, -0.25) is 14.5 Å². The molecule has 0 radical (unpaired) electrons. The van der Waals surface area contributed by atoms with Crippen molar-refractivity contribution in [2.24, 2.45) is 0 Å². The Morgan fingerprint density at radius 1 is 1.43 bits per heavy atom. The maximum absolute atomic E-state index is 10.8. The Kier molecular flexibility index (Phi) is 3.07. The molecule has 9 heteroatoms. The van der Waals surface area contributed by atoms with E-state index in [-0.39, 0.29) is 28.2 Å². The number of hydrogen-bond donors (Lipinski definition) is 1. The van der Waals surface area contributed by atoms with Gasteiger partial charge in [0.05, 0.1) is 22.2 Å². The standard InChI is InChI=1S/C12H8ClN5O3/c13-8-2-1-7(18(19)20)5-9(8)21-12-11-15-3-4-17(11)6-10(14)16-12/h1-6H,14H2. The molecule has 21 heavy (non-hydrogen) atoms. The van der Waals surface area contributed by atoms with Crippen LogP contribution in [-0.2, 0) is 0 Å². The molecule has 0 saturated carbocycles. The first-order valence-electron chi connectivity index (χ1n) is 5.75. The lowest BCUT2D eigenvalue weighted by molar-refractivity contribution is -0.384. The molecule has 0 atom stereocenters. The van der Waals surface area contributed by atoms with Crippen LogP contribution in [0.3, 0.4) is 0 Å². The Balaban J connectivity index is 2.08. The highest BCUT2D eigenvalue weighted by Crippen LogP contribution is 2.33. The zero-order valence-electron chi connectivity index (χ0n) is 10.4. The minimum Gasteiger partial charge on any atom is -0.434 e. The van der Waals surface area contributed by atoms with Crippen LogP contribution in [0.4, 0.5) is 11.5 Å². The topological polar surface area (TPSA) is 109 Å². The molecule has 2 N–H and O–H groups in total. The Labute approximate surface area is 122 Å². The van der Waals surface area contributed by atoms with Gasteiger partial charge in [-0.05, 0) is 6.07 Å². The molecule has 0 spiro atoms. The third-order valence-electron chi connectivity index (χ3n) is 2.69. The number of imidazole rings is 1. The molecule has 1 aromatic carbocycles. The van der Waals surface area contributed by atoms with E-state index in [1.165, 1.54) is 18.2 Å². The number of fused-ring (bicyclic) bond motifs is 1. The lowest BCUT2D eigenvalue weighted by Crippen LogP contribution is -1.99. The number of non-ortho nitro benzene ring substituents is 1. The molecule has 0 aliphatic carbocycles. The summed E-state index contributed by atoms with van der Waals surface area (Å²) in [5.74, 6) is 0.438. The van der Waals surface area contributed by atoms with Crippen LogP contribution in [0, 0.1) is 10.1 Å². The molecule has 3 rings (SSSR count). The molecule has 0 aliphatic heterocycles. The Bertz CT molecular complexity index is 848. The van der Waals surface area contributed by atoms with E-state index in [0.29, 0.717) is 5.65 Å². The van der Waals surface area contributed by atoms with Crippen molar-refractivity contribution < 1.29 is 9.66 Å². The van der Waals surface area contributed by atoms with Gasteiger partial charge in [0.2, 0.25) is 5.65 Å². The van der Waals surface area contributed by atoms with Gasteiger partial charge in [0, 0.05) is 18.5 Å². The number of rotatable bonds is 3. The van der Waals surface area contributed by atoms with E-state index in [1.54, 1.807) is 23.0 Å². The van der Waals surface area contributed by atoms with E-state index in [0.717, 1.165) is 0 Å². The third-order valence-corrected chi connectivity index (χ3v) is 3.01. The minimum absolute atomic E-state index is 0.105. The fourth-order valence-corrected chi connectivity index (χ4v) is 1.93. The number of nitrogens with two attached hydrogens (primary N) is 1. The molecule has 2 aromatic heterocycles. The van der Waals surface area contributed by atoms with Crippen molar-refractivity contribution in [1.29, 1.82) is 0 Å². The fraction of sp³-hybridized carbons (Fsp3) is 0. The molecule has 0 bridgehead atoms. The van der Waals surface area contributed by atoms with E-state index in [9.17, 15) is 10.1 Å². The molecule has 2 heterocycles. The highest BCUT2D eigenvalue weighted by Gasteiger charge is 2.15. The normalized spacial score (nSPS) is 10.7. The molecule has 0 aliphatic rings. The number of benzene rings is 1. The van der Waals surface area contributed by atoms with Gasteiger partial charge in [0.15, 0.2) is 5.75 Å². The van der Waals surface area contributed by atoms with E-state index < -0.39 is 4.92 Å². The maximum Gasteiger partial charge on any atom is 0.273 e. The Morgan fingerprint density at radius 2 is 2.24 bits per heavy atom. The van der Waals surface area contributed by atoms with Crippen molar-refractivity contribution in [2.45, 2.75) is 0 Å². The van der Waals surface area contributed by atoms with Gasteiger partial charge in [0.1, 0.15) is 5.82 Å². The van der Waals surface area contributed by atoms with Gasteiger partial charge < -0.3 is 10.5 Å². The first kappa shape index (κ1) is 13.1. The fourth-order valence-electron chi connectivity index (χ4n) is 1.78. The van der Waals surface area contributed by atoms with E-state index in [2.05, 4.69) is 9.97 Å². The van der Waals surface area contributed by atoms with Crippen molar-refractivity contribution in [3.63, 3.8) is 0 Å². The largest absolute Gasteiger partial charge is 0.434 e. The summed E-state index contributed by atoms with van der Waals surface area (Å²) in [5.41, 5.74) is 5.95. The second-order valence-electron chi connectivity index (χ2n) is 4.10. The summed E-state index contributed by atoms with van der Waals surface area (Å²) in [7, 11) is 0. The molecule has 0 saturated heterocycles. The van der Waals surface area contributed by atoms with Crippen molar-refractivity contribution in [1.82, 2.24) is 14.4 Å². The number of aromatic nitrogens is 3. The predicted molar refractivity (Wildman–Crippen MR) is 75.6 cm³/mol. The zero-order chi connectivity index (χ0) is 15.0. The van der Waals surface area contributed by atoms with Crippen LogP contribution >= 0.6 is 11.6 Å². The van der Waals surface area contributed by atoms with Gasteiger partial charge in [-0.1, -0.05) is 11.6 Å². The molecular weight excluding hydrogens is 298 g/mol. The van der Waals surface area contributed by atoms with Crippen molar-refractivity contribution in [2.75, 3.05) is 5.73 Å². The smallest absolute Gasteiger partial charge is 0.273 e. The summed E-state index contributed by atoms with van der Waals surface area (Å²) in [4.78, 5) is 18.4. The average molecular weight is 306 g/mol. The number of nitro groups is 1. The minimum atomic E-state index is -0.541. The lowest BCUT2D eigenvalue weighted by atomic mass is 10.3. The van der Waals surface area contributed by atoms with Crippen LogP contribution in [0.25, 0.3) is 5.65 Å².